The summed E-state index contributed by atoms with van der Waals surface area (Å²) in [4.78, 5) is 8.33. The molecule has 0 saturated heterocycles. The number of aromatic nitrogens is 2. The molecule has 0 spiro atoms. The molecule has 0 aliphatic carbocycles. The molecule has 0 saturated carbocycles. The van der Waals surface area contributed by atoms with Crippen LogP contribution in [0, 0.1) is 0 Å². The van der Waals surface area contributed by atoms with Gasteiger partial charge in [-0.3, -0.25) is 0 Å². The Morgan fingerprint density at radius 1 is 1.35 bits per heavy atom. The van der Waals surface area contributed by atoms with Crippen molar-refractivity contribution in [3.8, 4) is 11.6 Å². The van der Waals surface area contributed by atoms with E-state index in [9.17, 15) is 0 Å². The van der Waals surface area contributed by atoms with Crippen molar-refractivity contribution >= 4 is 45.1 Å². The highest BCUT2D eigenvalue weighted by Crippen LogP contribution is 2.34. The Bertz CT molecular complexity index is 610. The zero-order valence-corrected chi connectivity index (χ0v) is 13.8. The first-order valence-electron chi connectivity index (χ1n) is 5.99. The van der Waals surface area contributed by atoms with E-state index in [-0.39, 0.29) is 0 Å². The van der Waals surface area contributed by atoms with Gasteiger partial charge in [-0.25, -0.2) is 4.98 Å². The van der Waals surface area contributed by atoms with Crippen molar-refractivity contribution in [3.05, 3.63) is 38.9 Å². The first-order valence-corrected chi connectivity index (χ1v) is 7.54. The fourth-order valence-corrected chi connectivity index (χ4v) is 2.30. The molecule has 0 radical (unpaired) electrons. The molecule has 0 atom stereocenters. The van der Waals surface area contributed by atoms with E-state index in [1.54, 1.807) is 18.2 Å². The van der Waals surface area contributed by atoms with Gasteiger partial charge in [-0.05, 0) is 40.5 Å². The second-order valence-corrected chi connectivity index (χ2v) is 5.65. The summed E-state index contributed by atoms with van der Waals surface area (Å²) >= 11 is 15.3. The fraction of sp³-hybridized carbons (Fsp3) is 0.231. The molecule has 7 heteroatoms. The molecule has 2 aromatic rings. The van der Waals surface area contributed by atoms with E-state index in [1.165, 1.54) is 6.20 Å². The van der Waals surface area contributed by atoms with Gasteiger partial charge in [0.15, 0.2) is 0 Å². The lowest BCUT2D eigenvalue weighted by atomic mass is 10.3. The number of ether oxygens (including phenoxy) is 1. The maximum atomic E-state index is 6.04. The summed E-state index contributed by atoms with van der Waals surface area (Å²) in [5.41, 5.74) is 0. The number of hydrogen-bond acceptors (Lipinski definition) is 4. The molecule has 0 bridgehead atoms. The number of nitrogens with one attached hydrogen (secondary N) is 1. The minimum absolute atomic E-state index is 0.295. The van der Waals surface area contributed by atoms with Gasteiger partial charge < -0.3 is 10.1 Å². The summed E-state index contributed by atoms with van der Waals surface area (Å²) in [6, 6.07) is 5.21. The predicted octanol–water partition coefficient (Wildman–Crippen LogP) is 5.16. The zero-order chi connectivity index (χ0) is 14.5. The summed E-state index contributed by atoms with van der Waals surface area (Å²) < 4.78 is 6.41. The fourth-order valence-electron chi connectivity index (χ4n) is 1.41. The third kappa shape index (κ3) is 3.98. The summed E-state index contributed by atoms with van der Waals surface area (Å²) in [5, 5.41) is 4.03. The third-order valence-corrected chi connectivity index (χ3v) is 3.46. The van der Waals surface area contributed by atoms with Crippen LogP contribution in [0.2, 0.25) is 10.0 Å². The Kier molecular flexibility index (Phi) is 5.46. The standard InChI is InChI=1S/C13H12BrCl2N3O/c1-2-5-17-13-18-7-10(16)12(19-13)20-11-4-3-8(15)6-9(11)14/h3-4,6-7H,2,5H2,1H3,(H,17,18,19). The van der Waals surface area contributed by atoms with E-state index >= 15 is 0 Å². The lowest BCUT2D eigenvalue weighted by Gasteiger charge is -2.10. The van der Waals surface area contributed by atoms with Crippen LogP contribution in [-0.4, -0.2) is 16.5 Å². The molecule has 1 aromatic heterocycles. The molecular weight excluding hydrogens is 365 g/mol. The van der Waals surface area contributed by atoms with Gasteiger partial charge in [0, 0.05) is 11.6 Å². The average molecular weight is 377 g/mol. The van der Waals surface area contributed by atoms with Crippen LogP contribution in [0.3, 0.4) is 0 Å². The van der Waals surface area contributed by atoms with Crippen LogP contribution in [0.4, 0.5) is 5.95 Å². The zero-order valence-electron chi connectivity index (χ0n) is 10.7. The van der Waals surface area contributed by atoms with Crippen LogP contribution in [0.5, 0.6) is 11.6 Å². The van der Waals surface area contributed by atoms with Gasteiger partial charge in [0.1, 0.15) is 10.8 Å². The van der Waals surface area contributed by atoms with Gasteiger partial charge in [0.05, 0.1) is 10.7 Å². The van der Waals surface area contributed by atoms with E-state index in [0.717, 1.165) is 17.4 Å². The van der Waals surface area contributed by atoms with Crippen LogP contribution in [0.25, 0.3) is 0 Å². The van der Waals surface area contributed by atoms with Crippen LogP contribution >= 0.6 is 39.1 Å². The molecule has 20 heavy (non-hydrogen) atoms. The quantitative estimate of drug-likeness (QED) is 0.782. The van der Waals surface area contributed by atoms with Crippen molar-refractivity contribution in [2.45, 2.75) is 13.3 Å². The van der Waals surface area contributed by atoms with Gasteiger partial charge in [0.25, 0.3) is 0 Å². The Hall–Kier alpha value is -1.04. The minimum atomic E-state index is 0.295. The molecule has 2 rings (SSSR count). The summed E-state index contributed by atoms with van der Waals surface area (Å²) in [5.74, 6) is 1.36. The van der Waals surface area contributed by atoms with Gasteiger partial charge in [-0.1, -0.05) is 30.1 Å². The van der Waals surface area contributed by atoms with E-state index in [0.29, 0.717) is 27.6 Å². The van der Waals surface area contributed by atoms with Crippen molar-refractivity contribution in [1.82, 2.24) is 9.97 Å². The maximum absolute atomic E-state index is 6.04. The van der Waals surface area contributed by atoms with Crippen molar-refractivity contribution in [1.29, 1.82) is 0 Å². The second kappa shape index (κ2) is 7.11. The van der Waals surface area contributed by atoms with Gasteiger partial charge >= 0.3 is 0 Å². The van der Waals surface area contributed by atoms with Crippen LogP contribution in [0.15, 0.2) is 28.9 Å². The molecule has 0 fully saturated rings. The monoisotopic (exact) mass is 375 g/mol. The molecule has 0 unspecified atom stereocenters. The first-order chi connectivity index (χ1) is 9.60. The van der Waals surface area contributed by atoms with E-state index in [1.807, 2.05) is 0 Å². The van der Waals surface area contributed by atoms with Gasteiger partial charge in [0.2, 0.25) is 11.8 Å². The summed E-state index contributed by atoms with van der Waals surface area (Å²) in [6.07, 6.45) is 2.48. The normalized spacial score (nSPS) is 10.4. The van der Waals surface area contributed by atoms with E-state index in [4.69, 9.17) is 27.9 Å². The molecule has 106 valence electrons. The Morgan fingerprint density at radius 2 is 2.15 bits per heavy atom. The maximum Gasteiger partial charge on any atom is 0.243 e. The SMILES string of the molecule is CCCNc1ncc(Cl)c(Oc2ccc(Cl)cc2Br)n1. The summed E-state index contributed by atoms with van der Waals surface area (Å²) in [7, 11) is 0. The van der Waals surface area contributed by atoms with Gasteiger partial charge in [-0.2, -0.15) is 4.98 Å². The Balaban J connectivity index is 2.23. The molecule has 0 aliphatic heterocycles. The minimum Gasteiger partial charge on any atom is -0.436 e. The van der Waals surface area contributed by atoms with Crippen molar-refractivity contribution in [3.63, 3.8) is 0 Å². The Labute approximate surface area is 135 Å². The molecule has 0 amide bonds. The number of benzene rings is 1. The number of anilines is 1. The highest BCUT2D eigenvalue weighted by atomic mass is 79.9. The summed E-state index contributed by atoms with van der Waals surface area (Å²) in [6.45, 7) is 2.84. The van der Waals surface area contributed by atoms with Crippen LogP contribution < -0.4 is 10.1 Å². The highest BCUT2D eigenvalue weighted by molar-refractivity contribution is 9.10. The lowest BCUT2D eigenvalue weighted by Crippen LogP contribution is -2.05. The van der Waals surface area contributed by atoms with Crippen molar-refractivity contribution < 1.29 is 4.74 Å². The molecule has 1 heterocycles. The van der Waals surface area contributed by atoms with Crippen LogP contribution in [0.1, 0.15) is 13.3 Å². The molecular formula is C13H12BrCl2N3O. The van der Waals surface area contributed by atoms with Crippen molar-refractivity contribution in [2.24, 2.45) is 0 Å². The number of hydrogen-bond donors (Lipinski definition) is 1. The third-order valence-electron chi connectivity index (χ3n) is 2.35. The predicted molar refractivity (Wildman–Crippen MR) is 85.0 cm³/mol. The largest absolute Gasteiger partial charge is 0.436 e. The molecule has 1 N–H and O–H groups in total. The van der Waals surface area contributed by atoms with Gasteiger partial charge in [-0.15, -0.1) is 0 Å². The second-order valence-electron chi connectivity index (χ2n) is 3.95. The Morgan fingerprint density at radius 3 is 2.85 bits per heavy atom. The topological polar surface area (TPSA) is 47.0 Å². The van der Waals surface area contributed by atoms with E-state index in [2.05, 4.69) is 38.1 Å². The smallest absolute Gasteiger partial charge is 0.243 e. The lowest BCUT2D eigenvalue weighted by molar-refractivity contribution is 0.460. The molecule has 0 aliphatic rings. The number of halogens is 3. The molecule has 4 nitrogen and oxygen atoms in total. The van der Waals surface area contributed by atoms with Crippen LogP contribution in [-0.2, 0) is 0 Å². The average Bonchev–Trinajstić information content (AvgIpc) is 2.42. The van der Waals surface area contributed by atoms with E-state index < -0.39 is 0 Å². The number of rotatable bonds is 5. The van der Waals surface area contributed by atoms with Crippen molar-refractivity contribution in [2.75, 3.05) is 11.9 Å². The highest BCUT2D eigenvalue weighted by Gasteiger charge is 2.10. The first kappa shape index (κ1) is 15.4. The number of nitrogens with zero attached hydrogens (tertiary/aromatic N) is 2. The molecule has 1 aromatic carbocycles.